The third kappa shape index (κ3) is 1.93. The Morgan fingerprint density at radius 2 is 1.93 bits per heavy atom. The Morgan fingerprint density at radius 3 is 2.47 bits per heavy atom. The number of likely N-dealkylation sites (tertiary alicyclic amines) is 1. The lowest BCUT2D eigenvalue weighted by Gasteiger charge is -2.37. The van der Waals surface area contributed by atoms with Gasteiger partial charge in [0.1, 0.15) is 6.23 Å². The van der Waals surface area contributed by atoms with Crippen LogP contribution in [0.25, 0.3) is 0 Å². The standard InChI is InChI=1S/C12H21NO2/c14-11(10-2-1-9-15-10)13-7-5-12(3-4-12)6-8-13/h10-11,14H,1-9H2. The first-order chi connectivity index (χ1) is 7.29. The van der Waals surface area contributed by atoms with Gasteiger partial charge in [-0.2, -0.15) is 0 Å². The molecule has 2 heterocycles. The zero-order valence-corrected chi connectivity index (χ0v) is 9.32. The number of nitrogens with zero attached hydrogens (tertiary/aromatic N) is 1. The molecule has 1 saturated carbocycles. The summed E-state index contributed by atoms with van der Waals surface area (Å²) in [7, 11) is 0. The molecule has 1 spiro atoms. The Hall–Kier alpha value is -0.120. The molecular weight excluding hydrogens is 190 g/mol. The van der Waals surface area contributed by atoms with Crippen molar-refractivity contribution in [2.24, 2.45) is 5.41 Å². The van der Waals surface area contributed by atoms with Gasteiger partial charge in [0, 0.05) is 19.7 Å². The molecule has 0 bridgehead atoms. The Balaban J connectivity index is 1.53. The summed E-state index contributed by atoms with van der Waals surface area (Å²) in [6.45, 7) is 2.97. The van der Waals surface area contributed by atoms with E-state index in [9.17, 15) is 5.11 Å². The first-order valence-electron chi connectivity index (χ1n) is 6.33. The molecule has 1 N–H and O–H groups in total. The van der Waals surface area contributed by atoms with E-state index in [1.165, 1.54) is 25.7 Å². The second-order valence-electron chi connectivity index (χ2n) is 5.50. The van der Waals surface area contributed by atoms with Crippen LogP contribution in [-0.4, -0.2) is 42.0 Å². The third-order valence-electron chi connectivity index (χ3n) is 4.49. The van der Waals surface area contributed by atoms with Crippen LogP contribution in [0.4, 0.5) is 0 Å². The minimum Gasteiger partial charge on any atom is -0.376 e. The molecule has 2 saturated heterocycles. The summed E-state index contributed by atoms with van der Waals surface area (Å²) in [6, 6.07) is 0. The maximum absolute atomic E-state index is 10.2. The summed E-state index contributed by atoms with van der Waals surface area (Å²) in [5.41, 5.74) is 0.701. The van der Waals surface area contributed by atoms with Gasteiger partial charge in [0.25, 0.3) is 0 Å². The van der Waals surface area contributed by atoms with Crippen LogP contribution in [0.15, 0.2) is 0 Å². The van der Waals surface area contributed by atoms with Crippen LogP contribution in [0.5, 0.6) is 0 Å². The van der Waals surface area contributed by atoms with Crippen molar-refractivity contribution >= 4 is 0 Å². The molecule has 86 valence electrons. The van der Waals surface area contributed by atoms with E-state index in [1.54, 1.807) is 0 Å². The highest BCUT2D eigenvalue weighted by Crippen LogP contribution is 2.53. The molecule has 3 rings (SSSR count). The Morgan fingerprint density at radius 1 is 1.20 bits per heavy atom. The molecule has 1 aliphatic carbocycles. The Kier molecular flexibility index (Phi) is 2.49. The number of piperidine rings is 1. The lowest BCUT2D eigenvalue weighted by molar-refractivity contribution is -0.102. The highest BCUT2D eigenvalue weighted by Gasteiger charge is 2.45. The number of hydrogen-bond acceptors (Lipinski definition) is 3. The second-order valence-corrected chi connectivity index (χ2v) is 5.50. The van der Waals surface area contributed by atoms with Crippen LogP contribution >= 0.6 is 0 Å². The molecule has 3 nitrogen and oxygen atoms in total. The second kappa shape index (κ2) is 3.72. The zero-order valence-electron chi connectivity index (χ0n) is 9.32. The van der Waals surface area contributed by atoms with E-state index in [0.717, 1.165) is 32.5 Å². The molecule has 0 aromatic rings. The average molecular weight is 211 g/mol. The van der Waals surface area contributed by atoms with Gasteiger partial charge in [-0.1, -0.05) is 0 Å². The highest BCUT2D eigenvalue weighted by molar-refractivity contribution is 4.97. The lowest BCUT2D eigenvalue weighted by atomic mass is 9.93. The number of aliphatic hydroxyl groups is 1. The molecule has 0 amide bonds. The van der Waals surface area contributed by atoms with Crippen molar-refractivity contribution in [3.63, 3.8) is 0 Å². The van der Waals surface area contributed by atoms with Gasteiger partial charge in [-0.3, -0.25) is 4.90 Å². The Bertz CT molecular complexity index is 224. The fourth-order valence-electron chi connectivity index (χ4n) is 3.01. The van der Waals surface area contributed by atoms with E-state index in [2.05, 4.69) is 4.90 Å². The van der Waals surface area contributed by atoms with Crippen LogP contribution in [0.2, 0.25) is 0 Å². The first kappa shape index (κ1) is 10.1. The molecular formula is C12H21NO2. The third-order valence-corrected chi connectivity index (χ3v) is 4.49. The van der Waals surface area contributed by atoms with Crippen molar-refractivity contribution in [3.8, 4) is 0 Å². The predicted octanol–water partition coefficient (Wildman–Crippen LogP) is 1.36. The van der Waals surface area contributed by atoms with Crippen molar-refractivity contribution in [1.29, 1.82) is 0 Å². The summed E-state index contributed by atoms with van der Waals surface area (Å²) in [5.74, 6) is 0. The number of ether oxygens (including phenoxy) is 1. The molecule has 0 radical (unpaired) electrons. The van der Waals surface area contributed by atoms with E-state index in [4.69, 9.17) is 4.74 Å². The molecule has 2 aliphatic heterocycles. The smallest absolute Gasteiger partial charge is 0.133 e. The van der Waals surface area contributed by atoms with Gasteiger partial charge in [0.15, 0.2) is 0 Å². The summed E-state index contributed by atoms with van der Waals surface area (Å²) in [6.07, 6.45) is 7.31. The zero-order chi connectivity index (χ0) is 10.3. The SMILES string of the molecule is OC(C1CCCO1)N1CCC2(CC1)CC2. The van der Waals surface area contributed by atoms with Gasteiger partial charge in [0.2, 0.25) is 0 Å². The maximum Gasteiger partial charge on any atom is 0.133 e. The topological polar surface area (TPSA) is 32.7 Å². The van der Waals surface area contributed by atoms with Crippen molar-refractivity contribution in [1.82, 2.24) is 4.90 Å². The molecule has 2 atom stereocenters. The van der Waals surface area contributed by atoms with Crippen molar-refractivity contribution < 1.29 is 9.84 Å². The summed E-state index contributed by atoms with van der Waals surface area (Å²) >= 11 is 0. The number of hydrogen-bond donors (Lipinski definition) is 1. The molecule has 3 fully saturated rings. The van der Waals surface area contributed by atoms with Crippen LogP contribution in [0.1, 0.15) is 38.5 Å². The Labute approximate surface area is 91.4 Å². The predicted molar refractivity (Wildman–Crippen MR) is 57.5 cm³/mol. The van der Waals surface area contributed by atoms with Crippen molar-refractivity contribution in [3.05, 3.63) is 0 Å². The van der Waals surface area contributed by atoms with E-state index < -0.39 is 0 Å². The van der Waals surface area contributed by atoms with Crippen molar-refractivity contribution in [2.45, 2.75) is 50.9 Å². The van der Waals surface area contributed by atoms with Gasteiger partial charge >= 0.3 is 0 Å². The number of rotatable bonds is 2. The van der Waals surface area contributed by atoms with Gasteiger partial charge in [-0.25, -0.2) is 0 Å². The van der Waals surface area contributed by atoms with Gasteiger partial charge in [0.05, 0.1) is 6.10 Å². The van der Waals surface area contributed by atoms with Gasteiger partial charge in [-0.15, -0.1) is 0 Å². The highest BCUT2D eigenvalue weighted by atomic mass is 16.5. The molecule has 3 aliphatic rings. The quantitative estimate of drug-likeness (QED) is 0.748. The molecule has 0 aromatic carbocycles. The minimum absolute atomic E-state index is 0.0817. The van der Waals surface area contributed by atoms with Crippen molar-refractivity contribution in [2.75, 3.05) is 19.7 Å². The monoisotopic (exact) mass is 211 g/mol. The lowest BCUT2D eigenvalue weighted by Crippen LogP contribution is -2.47. The molecule has 3 heteroatoms. The normalized spacial score (nSPS) is 37.0. The average Bonchev–Trinajstić information content (AvgIpc) is 2.84. The van der Waals surface area contributed by atoms with Crippen LogP contribution in [0.3, 0.4) is 0 Å². The van der Waals surface area contributed by atoms with E-state index in [0.29, 0.717) is 5.41 Å². The largest absolute Gasteiger partial charge is 0.376 e. The summed E-state index contributed by atoms with van der Waals surface area (Å²) < 4.78 is 5.54. The first-order valence-corrected chi connectivity index (χ1v) is 6.33. The molecule has 0 aromatic heterocycles. The molecule has 15 heavy (non-hydrogen) atoms. The van der Waals surface area contributed by atoms with Crippen LogP contribution < -0.4 is 0 Å². The fraction of sp³-hybridized carbons (Fsp3) is 1.00. The summed E-state index contributed by atoms with van der Waals surface area (Å²) in [5, 5.41) is 10.2. The number of aliphatic hydroxyl groups excluding tert-OH is 1. The summed E-state index contributed by atoms with van der Waals surface area (Å²) in [4.78, 5) is 2.22. The van der Waals surface area contributed by atoms with E-state index in [-0.39, 0.29) is 12.3 Å². The van der Waals surface area contributed by atoms with Crippen LogP contribution in [-0.2, 0) is 4.74 Å². The van der Waals surface area contributed by atoms with E-state index in [1.807, 2.05) is 0 Å². The maximum atomic E-state index is 10.2. The minimum atomic E-state index is -0.344. The molecule has 2 unspecified atom stereocenters. The van der Waals surface area contributed by atoms with Gasteiger partial charge < -0.3 is 9.84 Å². The van der Waals surface area contributed by atoms with Gasteiger partial charge in [-0.05, 0) is 43.9 Å². The van der Waals surface area contributed by atoms with Crippen LogP contribution in [0, 0.1) is 5.41 Å². The fourth-order valence-corrected chi connectivity index (χ4v) is 3.01. The van der Waals surface area contributed by atoms with E-state index >= 15 is 0 Å².